The van der Waals surface area contributed by atoms with E-state index in [9.17, 15) is 9.59 Å². The van der Waals surface area contributed by atoms with E-state index in [1.54, 1.807) is 18.2 Å². The number of ether oxygens (including phenoxy) is 1. The van der Waals surface area contributed by atoms with E-state index < -0.39 is 6.04 Å². The number of rotatable bonds is 10. The first-order valence-corrected chi connectivity index (χ1v) is 12.7. The average Bonchev–Trinajstić information content (AvgIpc) is 2.84. The van der Waals surface area contributed by atoms with Gasteiger partial charge in [0.1, 0.15) is 11.8 Å². The molecule has 0 aliphatic carbocycles. The summed E-state index contributed by atoms with van der Waals surface area (Å²) in [5, 5.41) is 3.74. The van der Waals surface area contributed by atoms with Crippen molar-refractivity contribution >= 4 is 35.0 Å². The summed E-state index contributed by atoms with van der Waals surface area (Å²) in [6.07, 6.45) is 0.336. The highest BCUT2D eigenvalue weighted by molar-refractivity contribution is 6.36. The number of nitrogens with zero attached hydrogens (tertiary/aromatic N) is 1. The number of hydrogen-bond acceptors (Lipinski definition) is 3. The molecular formula is C29H32Cl2N2O3. The van der Waals surface area contributed by atoms with Gasteiger partial charge in [-0.2, -0.15) is 0 Å². The van der Waals surface area contributed by atoms with E-state index in [2.05, 4.69) is 11.4 Å². The molecule has 0 saturated carbocycles. The Morgan fingerprint density at radius 2 is 1.64 bits per heavy atom. The van der Waals surface area contributed by atoms with Crippen molar-refractivity contribution in [3.8, 4) is 5.75 Å². The van der Waals surface area contributed by atoms with Gasteiger partial charge in [-0.15, -0.1) is 0 Å². The normalized spacial score (nSPS) is 11.6. The summed E-state index contributed by atoms with van der Waals surface area (Å²) in [6, 6.07) is 18.0. The summed E-state index contributed by atoms with van der Waals surface area (Å²) in [4.78, 5) is 28.5. The Balaban J connectivity index is 1.97. The number of nitrogens with one attached hydrogen (secondary N) is 1. The third-order valence-electron chi connectivity index (χ3n) is 6.13. The zero-order valence-electron chi connectivity index (χ0n) is 21.1. The Hall–Kier alpha value is -3.02. The lowest BCUT2D eigenvalue weighted by atomic mass is 10.0. The quantitative estimate of drug-likeness (QED) is 0.348. The smallest absolute Gasteiger partial charge is 0.261 e. The molecule has 7 heteroatoms. The second-order valence-electron chi connectivity index (χ2n) is 8.82. The topological polar surface area (TPSA) is 58.6 Å². The third-order valence-corrected chi connectivity index (χ3v) is 6.84. The Morgan fingerprint density at radius 1 is 0.972 bits per heavy atom. The fourth-order valence-corrected chi connectivity index (χ4v) is 4.59. The molecule has 36 heavy (non-hydrogen) atoms. The van der Waals surface area contributed by atoms with E-state index >= 15 is 0 Å². The van der Waals surface area contributed by atoms with Crippen LogP contribution in [0, 0.1) is 20.8 Å². The van der Waals surface area contributed by atoms with Crippen molar-refractivity contribution in [2.24, 2.45) is 0 Å². The zero-order valence-corrected chi connectivity index (χ0v) is 22.6. The third kappa shape index (κ3) is 7.02. The highest BCUT2D eigenvalue weighted by Crippen LogP contribution is 2.28. The number of halogens is 2. The molecule has 2 amide bonds. The van der Waals surface area contributed by atoms with Crippen LogP contribution in [0.4, 0.5) is 0 Å². The number of benzene rings is 3. The maximum atomic E-state index is 13.7. The Bertz CT molecular complexity index is 1190. The van der Waals surface area contributed by atoms with E-state index in [0.29, 0.717) is 34.3 Å². The summed E-state index contributed by atoms with van der Waals surface area (Å²) in [6.45, 7) is 8.09. The number of aryl methyl sites for hydroxylation is 2. The fraction of sp³-hybridized carbons (Fsp3) is 0.310. The molecule has 0 bridgehead atoms. The molecule has 190 valence electrons. The van der Waals surface area contributed by atoms with Crippen LogP contribution in [-0.4, -0.2) is 35.9 Å². The lowest BCUT2D eigenvalue weighted by Crippen LogP contribution is -2.51. The molecule has 0 saturated heterocycles. The van der Waals surface area contributed by atoms with E-state index in [-0.39, 0.29) is 25.0 Å². The number of likely N-dealkylation sites (N-methyl/N-ethyl adjacent to an activating group) is 1. The molecule has 3 aromatic carbocycles. The van der Waals surface area contributed by atoms with Crippen LogP contribution in [0.3, 0.4) is 0 Å². The molecule has 0 aliphatic rings. The average molecular weight is 527 g/mol. The largest absolute Gasteiger partial charge is 0.483 e. The molecule has 3 rings (SSSR count). The van der Waals surface area contributed by atoms with Gasteiger partial charge in [0.05, 0.1) is 0 Å². The van der Waals surface area contributed by atoms with Gasteiger partial charge in [0, 0.05) is 35.1 Å². The van der Waals surface area contributed by atoms with E-state index in [0.717, 1.165) is 22.3 Å². The van der Waals surface area contributed by atoms with Crippen molar-refractivity contribution in [1.29, 1.82) is 0 Å². The molecule has 0 aliphatic heterocycles. The van der Waals surface area contributed by atoms with Crippen molar-refractivity contribution in [2.45, 2.75) is 46.7 Å². The van der Waals surface area contributed by atoms with Crippen molar-refractivity contribution in [2.75, 3.05) is 13.2 Å². The summed E-state index contributed by atoms with van der Waals surface area (Å²) in [5.74, 6) is 0.0615. The second-order valence-corrected chi connectivity index (χ2v) is 9.63. The van der Waals surface area contributed by atoms with Crippen molar-refractivity contribution < 1.29 is 14.3 Å². The lowest BCUT2D eigenvalue weighted by Gasteiger charge is -2.32. The standard InChI is InChI=1S/C29H32Cl2N2O3/c1-5-32-29(35)26(16-22-10-7-6-8-11-22)33(17-23-24(30)12-9-13-25(23)31)28(34)18-36-27-15-19(2)14-20(3)21(27)4/h6-15,26H,5,16-18H2,1-4H3,(H,32,35)/t26-/m1/s1. The predicted molar refractivity (Wildman–Crippen MR) is 146 cm³/mol. The van der Waals surface area contributed by atoms with Crippen LogP contribution < -0.4 is 10.1 Å². The molecular weight excluding hydrogens is 495 g/mol. The van der Waals surface area contributed by atoms with Gasteiger partial charge in [0.2, 0.25) is 5.91 Å². The molecule has 0 fully saturated rings. The van der Waals surface area contributed by atoms with Crippen LogP contribution in [0.15, 0.2) is 60.7 Å². The fourth-order valence-electron chi connectivity index (χ4n) is 4.07. The number of carbonyl (C=O) groups excluding carboxylic acids is 2. The minimum Gasteiger partial charge on any atom is -0.483 e. The van der Waals surface area contributed by atoms with Crippen LogP contribution in [0.1, 0.15) is 34.7 Å². The number of hydrogen-bond donors (Lipinski definition) is 1. The molecule has 0 radical (unpaired) electrons. The first-order valence-electron chi connectivity index (χ1n) is 12.0. The van der Waals surface area contributed by atoms with Crippen LogP contribution in [0.2, 0.25) is 10.0 Å². The van der Waals surface area contributed by atoms with Crippen LogP contribution in [0.5, 0.6) is 5.75 Å². The predicted octanol–water partition coefficient (Wildman–Crippen LogP) is 6.07. The van der Waals surface area contributed by atoms with Crippen molar-refractivity contribution in [3.05, 3.63) is 98.5 Å². The van der Waals surface area contributed by atoms with Crippen molar-refractivity contribution in [3.63, 3.8) is 0 Å². The van der Waals surface area contributed by atoms with Gasteiger partial charge in [0.15, 0.2) is 6.61 Å². The Morgan fingerprint density at radius 3 is 2.28 bits per heavy atom. The van der Waals surface area contributed by atoms with Gasteiger partial charge in [-0.25, -0.2) is 0 Å². The number of carbonyl (C=O) groups is 2. The van der Waals surface area contributed by atoms with Gasteiger partial charge < -0.3 is 15.0 Å². The van der Waals surface area contributed by atoms with Gasteiger partial charge in [-0.1, -0.05) is 65.7 Å². The minimum atomic E-state index is -0.781. The van der Waals surface area contributed by atoms with E-state index in [1.165, 1.54) is 4.90 Å². The molecule has 1 N–H and O–H groups in total. The van der Waals surface area contributed by atoms with E-state index in [1.807, 2.05) is 64.1 Å². The molecule has 0 unspecified atom stereocenters. The molecule has 3 aromatic rings. The summed E-state index contributed by atoms with van der Waals surface area (Å²) >= 11 is 12.9. The summed E-state index contributed by atoms with van der Waals surface area (Å²) in [7, 11) is 0. The molecule has 5 nitrogen and oxygen atoms in total. The van der Waals surface area contributed by atoms with Gasteiger partial charge in [0.25, 0.3) is 5.91 Å². The maximum absolute atomic E-state index is 13.7. The highest BCUT2D eigenvalue weighted by atomic mass is 35.5. The van der Waals surface area contributed by atoms with Gasteiger partial charge in [-0.05, 0) is 68.1 Å². The Kier molecular flexibility index (Phi) is 9.80. The Labute approximate surface area is 223 Å². The van der Waals surface area contributed by atoms with Crippen LogP contribution >= 0.6 is 23.2 Å². The van der Waals surface area contributed by atoms with Gasteiger partial charge >= 0.3 is 0 Å². The zero-order chi connectivity index (χ0) is 26.2. The monoisotopic (exact) mass is 526 g/mol. The number of amides is 2. The molecule has 0 heterocycles. The maximum Gasteiger partial charge on any atom is 0.261 e. The van der Waals surface area contributed by atoms with E-state index in [4.69, 9.17) is 27.9 Å². The van der Waals surface area contributed by atoms with Crippen molar-refractivity contribution in [1.82, 2.24) is 10.2 Å². The lowest BCUT2D eigenvalue weighted by molar-refractivity contribution is -0.142. The first-order chi connectivity index (χ1) is 17.2. The molecule has 1 atom stereocenters. The minimum absolute atomic E-state index is 0.0706. The second kappa shape index (κ2) is 12.8. The van der Waals surface area contributed by atoms with Crippen LogP contribution in [-0.2, 0) is 22.6 Å². The highest BCUT2D eigenvalue weighted by Gasteiger charge is 2.31. The first kappa shape index (κ1) is 27.6. The molecule has 0 aromatic heterocycles. The van der Waals surface area contributed by atoms with Crippen LogP contribution in [0.25, 0.3) is 0 Å². The summed E-state index contributed by atoms with van der Waals surface area (Å²) < 4.78 is 5.99. The molecule has 0 spiro atoms. The summed E-state index contributed by atoms with van der Waals surface area (Å²) in [5.41, 5.74) is 4.62. The SMILES string of the molecule is CCNC(=O)[C@@H](Cc1ccccc1)N(Cc1c(Cl)cccc1Cl)C(=O)COc1cc(C)cc(C)c1C. The van der Waals surface area contributed by atoms with Gasteiger partial charge in [-0.3, -0.25) is 9.59 Å².